The summed E-state index contributed by atoms with van der Waals surface area (Å²) in [6.07, 6.45) is 2.36. The minimum Gasteiger partial charge on any atom is -0.303 e. The zero-order chi connectivity index (χ0) is 18.0. The van der Waals surface area contributed by atoms with Gasteiger partial charge < -0.3 is 4.57 Å². The molecular weight excluding hydrogens is 344 g/mol. The molecule has 0 amide bonds. The lowest BCUT2D eigenvalue weighted by Gasteiger charge is -2.06. The molecule has 0 aliphatic carbocycles. The van der Waals surface area contributed by atoms with Gasteiger partial charge in [0.25, 0.3) is 5.56 Å². The number of aromatic amines is 1. The average Bonchev–Trinajstić information content (AvgIpc) is 2.94. The van der Waals surface area contributed by atoms with Crippen molar-refractivity contribution in [2.75, 3.05) is 5.43 Å². The van der Waals surface area contributed by atoms with Crippen LogP contribution in [0.2, 0.25) is 5.02 Å². The van der Waals surface area contributed by atoms with E-state index in [4.69, 9.17) is 11.6 Å². The first kappa shape index (κ1) is 17.0. The van der Waals surface area contributed by atoms with E-state index in [-0.39, 0.29) is 0 Å². The van der Waals surface area contributed by atoms with Gasteiger partial charge in [0.05, 0.1) is 6.21 Å². The largest absolute Gasteiger partial charge is 0.329 e. The molecule has 0 spiro atoms. The van der Waals surface area contributed by atoms with Gasteiger partial charge in [0, 0.05) is 24.2 Å². The van der Waals surface area contributed by atoms with E-state index < -0.39 is 11.2 Å². The molecule has 2 N–H and O–H groups in total. The molecule has 0 saturated carbocycles. The van der Waals surface area contributed by atoms with Gasteiger partial charge in [-0.2, -0.15) is 10.1 Å². The first-order valence-electron chi connectivity index (χ1n) is 7.76. The molecule has 0 aliphatic rings. The van der Waals surface area contributed by atoms with E-state index in [0.717, 1.165) is 12.0 Å². The van der Waals surface area contributed by atoms with E-state index in [1.165, 1.54) is 4.57 Å². The minimum atomic E-state index is -0.509. The van der Waals surface area contributed by atoms with Crippen molar-refractivity contribution in [3.05, 3.63) is 55.7 Å². The normalized spacial score (nSPS) is 11.5. The molecule has 3 aromatic rings. The first-order valence-corrected chi connectivity index (χ1v) is 8.14. The zero-order valence-corrected chi connectivity index (χ0v) is 14.5. The van der Waals surface area contributed by atoms with Crippen molar-refractivity contribution < 1.29 is 0 Å². The number of aryl methyl sites for hydroxylation is 2. The van der Waals surface area contributed by atoms with E-state index >= 15 is 0 Å². The van der Waals surface area contributed by atoms with Crippen LogP contribution < -0.4 is 16.7 Å². The molecule has 0 saturated heterocycles. The molecule has 0 radical (unpaired) electrons. The highest BCUT2D eigenvalue weighted by Crippen LogP contribution is 2.16. The van der Waals surface area contributed by atoms with E-state index in [9.17, 15) is 9.59 Å². The van der Waals surface area contributed by atoms with Crippen molar-refractivity contribution in [1.82, 2.24) is 19.1 Å². The number of aromatic nitrogens is 4. The molecule has 25 heavy (non-hydrogen) atoms. The SMILES string of the molecule is CCCn1c(NN=Cc2ccccc2Cl)nc2c1c(=O)[nH]c(=O)n2C. The van der Waals surface area contributed by atoms with E-state index in [0.29, 0.717) is 28.7 Å². The van der Waals surface area contributed by atoms with Crippen LogP contribution in [-0.2, 0) is 13.6 Å². The maximum Gasteiger partial charge on any atom is 0.329 e. The van der Waals surface area contributed by atoms with Gasteiger partial charge in [-0.25, -0.2) is 10.2 Å². The number of benzene rings is 1. The maximum atomic E-state index is 12.2. The third-order valence-corrected chi connectivity index (χ3v) is 4.07. The molecule has 2 heterocycles. The summed E-state index contributed by atoms with van der Waals surface area (Å²) < 4.78 is 3.00. The van der Waals surface area contributed by atoms with Gasteiger partial charge in [-0.05, 0) is 12.5 Å². The highest BCUT2D eigenvalue weighted by Gasteiger charge is 2.16. The lowest BCUT2D eigenvalue weighted by atomic mass is 10.2. The first-order chi connectivity index (χ1) is 12.0. The number of anilines is 1. The van der Waals surface area contributed by atoms with Crippen LogP contribution in [0.5, 0.6) is 0 Å². The number of nitrogens with zero attached hydrogens (tertiary/aromatic N) is 4. The van der Waals surface area contributed by atoms with Crippen LogP contribution in [-0.4, -0.2) is 25.3 Å². The summed E-state index contributed by atoms with van der Waals surface area (Å²) in [5.74, 6) is 0.381. The molecule has 3 rings (SSSR count). The standard InChI is InChI=1S/C16H17ClN6O2/c1-3-8-23-12-13(22(2)16(25)20-14(12)24)19-15(23)21-18-9-10-6-4-5-7-11(10)17/h4-7,9H,3,8H2,1-2H3,(H,19,21)(H,20,24,25). The lowest BCUT2D eigenvalue weighted by molar-refractivity contribution is 0.698. The molecule has 0 aliphatic heterocycles. The number of rotatable bonds is 5. The topological polar surface area (TPSA) is 97.1 Å². The van der Waals surface area contributed by atoms with Crippen molar-refractivity contribution in [2.24, 2.45) is 12.1 Å². The smallest absolute Gasteiger partial charge is 0.303 e. The molecule has 8 nitrogen and oxygen atoms in total. The van der Waals surface area contributed by atoms with Gasteiger partial charge in [0.15, 0.2) is 11.2 Å². The summed E-state index contributed by atoms with van der Waals surface area (Å²) in [5, 5.41) is 4.73. The fourth-order valence-electron chi connectivity index (χ4n) is 2.50. The summed E-state index contributed by atoms with van der Waals surface area (Å²) >= 11 is 6.09. The molecule has 0 fully saturated rings. The predicted molar refractivity (Wildman–Crippen MR) is 98.6 cm³/mol. The molecule has 0 unspecified atom stereocenters. The van der Waals surface area contributed by atoms with Crippen LogP contribution in [0.1, 0.15) is 18.9 Å². The van der Waals surface area contributed by atoms with Crippen LogP contribution in [0.4, 0.5) is 5.95 Å². The minimum absolute atomic E-state index is 0.303. The molecule has 2 aromatic heterocycles. The Morgan fingerprint density at radius 3 is 2.84 bits per heavy atom. The number of imidazole rings is 1. The number of fused-ring (bicyclic) bond motifs is 1. The van der Waals surface area contributed by atoms with Gasteiger partial charge >= 0.3 is 5.69 Å². The van der Waals surface area contributed by atoms with E-state index in [1.54, 1.807) is 23.9 Å². The van der Waals surface area contributed by atoms with Gasteiger partial charge in [0.1, 0.15) is 0 Å². The summed E-state index contributed by atoms with van der Waals surface area (Å²) in [4.78, 5) is 30.6. The van der Waals surface area contributed by atoms with E-state index in [1.807, 2.05) is 25.1 Å². The van der Waals surface area contributed by atoms with Crippen molar-refractivity contribution in [3.8, 4) is 0 Å². The van der Waals surface area contributed by atoms with Gasteiger partial charge in [-0.15, -0.1) is 0 Å². The Kier molecular flexibility index (Phi) is 4.71. The van der Waals surface area contributed by atoms with Crippen LogP contribution in [0, 0.1) is 0 Å². The quantitative estimate of drug-likeness (QED) is 0.536. The zero-order valence-electron chi connectivity index (χ0n) is 13.8. The predicted octanol–water partition coefficient (Wildman–Crippen LogP) is 1.93. The summed E-state index contributed by atoms with van der Waals surface area (Å²) in [6, 6.07) is 7.29. The number of hydrogen-bond donors (Lipinski definition) is 2. The third kappa shape index (κ3) is 3.20. The van der Waals surface area contributed by atoms with E-state index in [2.05, 4.69) is 20.5 Å². The molecule has 0 bridgehead atoms. The third-order valence-electron chi connectivity index (χ3n) is 3.73. The fraction of sp³-hybridized carbons (Fsp3) is 0.250. The Bertz CT molecular complexity index is 1060. The second kappa shape index (κ2) is 6.94. The molecule has 130 valence electrons. The van der Waals surface area contributed by atoms with Gasteiger partial charge in [0.2, 0.25) is 5.95 Å². The number of hydrazone groups is 1. The Balaban J connectivity index is 2.04. The van der Waals surface area contributed by atoms with Gasteiger partial charge in [-0.1, -0.05) is 36.7 Å². The Labute approximate surface area is 147 Å². The Morgan fingerprint density at radius 1 is 1.36 bits per heavy atom. The van der Waals surface area contributed by atoms with Crippen LogP contribution in [0.3, 0.4) is 0 Å². The number of H-pyrrole nitrogens is 1. The average molecular weight is 361 g/mol. The lowest BCUT2D eigenvalue weighted by Crippen LogP contribution is -2.29. The Hall–Kier alpha value is -2.87. The molecule has 0 atom stereocenters. The highest BCUT2D eigenvalue weighted by atomic mass is 35.5. The fourth-order valence-corrected chi connectivity index (χ4v) is 2.69. The summed E-state index contributed by atoms with van der Waals surface area (Å²) in [5.41, 5.74) is 3.24. The monoisotopic (exact) mass is 360 g/mol. The van der Waals surface area contributed by atoms with Crippen LogP contribution >= 0.6 is 11.6 Å². The summed E-state index contributed by atoms with van der Waals surface area (Å²) in [7, 11) is 1.56. The summed E-state index contributed by atoms with van der Waals surface area (Å²) in [6.45, 7) is 2.54. The number of nitrogens with one attached hydrogen (secondary N) is 2. The number of halogens is 1. The van der Waals surface area contributed by atoms with Crippen LogP contribution in [0.15, 0.2) is 39.0 Å². The van der Waals surface area contributed by atoms with Crippen molar-refractivity contribution in [1.29, 1.82) is 0 Å². The van der Waals surface area contributed by atoms with Crippen LogP contribution in [0.25, 0.3) is 11.2 Å². The van der Waals surface area contributed by atoms with Crippen molar-refractivity contribution in [2.45, 2.75) is 19.9 Å². The second-order valence-corrected chi connectivity index (χ2v) is 5.88. The molecule has 1 aromatic carbocycles. The highest BCUT2D eigenvalue weighted by molar-refractivity contribution is 6.33. The van der Waals surface area contributed by atoms with Gasteiger partial charge in [-0.3, -0.25) is 14.3 Å². The van der Waals surface area contributed by atoms with Crippen molar-refractivity contribution >= 4 is 34.9 Å². The Morgan fingerprint density at radius 2 is 2.12 bits per heavy atom. The van der Waals surface area contributed by atoms with Crippen molar-refractivity contribution in [3.63, 3.8) is 0 Å². The molecular formula is C16H17ClN6O2. The maximum absolute atomic E-state index is 12.2. The number of hydrogen-bond acceptors (Lipinski definition) is 5. The second-order valence-electron chi connectivity index (χ2n) is 5.47. The molecule has 9 heteroatoms.